The minimum absolute atomic E-state index is 0.109. The molecule has 0 atom stereocenters. The topological polar surface area (TPSA) is 119 Å². The summed E-state index contributed by atoms with van der Waals surface area (Å²) in [6, 6.07) is 3.76. The van der Waals surface area contributed by atoms with Crippen LogP contribution in [0.25, 0.3) is 0 Å². The summed E-state index contributed by atoms with van der Waals surface area (Å²) in [7, 11) is 1.37. The third-order valence-corrected chi connectivity index (χ3v) is 2.27. The number of benzene rings is 1. The third-order valence-electron chi connectivity index (χ3n) is 2.27. The van der Waals surface area contributed by atoms with Crippen molar-refractivity contribution < 1.29 is 24.4 Å². The Kier molecular flexibility index (Phi) is 4.81. The van der Waals surface area contributed by atoms with E-state index in [-0.39, 0.29) is 24.2 Å². The molecule has 1 rings (SSSR count). The molecule has 0 saturated heterocycles. The number of nitro groups is 1. The monoisotopic (exact) mass is 268 g/mol. The Morgan fingerprint density at radius 1 is 1.47 bits per heavy atom. The smallest absolute Gasteiger partial charge is 0.305 e. The second kappa shape index (κ2) is 6.34. The van der Waals surface area contributed by atoms with Crippen molar-refractivity contribution >= 4 is 17.6 Å². The largest absolute Gasteiger partial charge is 0.497 e. The highest BCUT2D eigenvalue weighted by atomic mass is 16.6. The highest BCUT2D eigenvalue weighted by molar-refractivity contribution is 5.98. The van der Waals surface area contributed by atoms with Crippen molar-refractivity contribution in [1.82, 2.24) is 5.32 Å². The molecule has 0 saturated carbocycles. The van der Waals surface area contributed by atoms with Gasteiger partial charge in [0.05, 0.1) is 18.5 Å². The van der Waals surface area contributed by atoms with Crippen LogP contribution in [0.3, 0.4) is 0 Å². The van der Waals surface area contributed by atoms with Crippen LogP contribution in [0.1, 0.15) is 16.8 Å². The lowest BCUT2D eigenvalue weighted by Crippen LogP contribution is -2.26. The summed E-state index contributed by atoms with van der Waals surface area (Å²) in [5.74, 6) is -1.48. The first kappa shape index (κ1) is 14.4. The highest BCUT2D eigenvalue weighted by Crippen LogP contribution is 2.23. The molecule has 0 fully saturated rings. The molecule has 1 aromatic rings. The van der Waals surface area contributed by atoms with Crippen molar-refractivity contribution in [2.45, 2.75) is 6.42 Å². The van der Waals surface area contributed by atoms with Gasteiger partial charge in [-0.05, 0) is 12.1 Å². The predicted molar refractivity (Wildman–Crippen MR) is 64.2 cm³/mol. The molecular formula is C11H12N2O6. The van der Waals surface area contributed by atoms with Gasteiger partial charge in [0, 0.05) is 12.6 Å². The lowest BCUT2D eigenvalue weighted by Gasteiger charge is -2.06. The first-order valence-corrected chi connectivity index (χ1v) is 5.28. The van der Waals surface area contributed by atoms with Crippen molar-refractivity contribution in [1.29, 1.82) is 0 Å². The summed E-state index contributed by atoms with van der Waals surface area (Å²) in [4.78, 5) is 32.2. The number of methoxy groups -OCH3 is 1. The SMILES string of the molecule is COc1ccc([N+](=O)[O-])c(C(=O)NCCC(=O)O)c1. The van der Waals surface area contributed by atoms with E-state index in [2.05, 4.69) is 5.32 Å². The lowest BCUT2D eigenvalue weighted by atomic mass is 10.1. The Hall–Kier alpha value is -2.64. The Morgan fingerprint density at radius 2 is 2.16 bits per heavy atom. The molecular weight excluding hydrogens is 256 g/mol. The average molecular weight is 268 g/mol. The molecule has 0 heterocycles. The number of nitrogens with one attached hydrogen (secondary N) is 1. The van der Waals surface area contributed by atoms with Crippen LogP contribution < -0.4 is 10.1 Å². The van der Waals surface area contributed by atoms with Crippen molar-refractivity contribution in [3.05, 3.63) is 33.9 Å². The number of carbonyl (C=O) groups is 2. The predicted octanol–water partition coefficient (Wildman–Crippen LogP) is 0.808. The fraction of sp³-hybridized carbons (Fsp3) is 0.273. The molecule has 0 spiro atoms. The van der Waals surface area contributed by atoms with E-state index in [1.54, 1.807) is 0 Å². The van der Waals surface area contributed by atoms with Crippen molar-refractivity contribution in [2.75, 3.05) is 13.7 Å². The zero-order valence-corrected chi connectivity index (χ0v) is 10.1. The number of carboxylic acids is 1. The van der Waals surface area contributed by atoms with E-state index in [4.69, 9.17) is 9.84 Å². The van der Waals surface area contributed by atoms with E-state index < -0.39 is 16.8 Å². The lowest BCUT2D eigenvalue weighted by molar-refractivity contribution is -0.385. The Labute approximate surface area is 108 Å². The molecule has 8 nitrogen and oxygen atoms in total. The van der Waals surface area contributed by atoms with Crippen LogP contribution in [-0.2, 0) is 4.79 Å². The molecule has 8 heteroatoms. The van der Waals surface area contributed by atoms with E-state index in [1.807, 2.05) is 0 Å². The standard InChI is InChI=1S/C11H12N2O6/c1-19-7-2-3-9(13(17)18)8(6-7)11(16)12-5-4-10(14)15/h2-3,6H,4-5H2,1H3,(H,12,16)(H,14,15). The van der Waals surface area contributed by atoms with Gasteiger partial charge >= 0.3 is 5.97 Å². The van der Waals surface area contributed by atoms with Crippen LogP contribution in [0.2, 0.25) is 0 Å². The Morgan fingerprint density at radius 3 is 2.68 bits per heavy atom. The minimum atomic E-state index is -1.07. The number of carboxylic acid groups (broad SMARTS) is 1. The quantitative estimate of drug-likeness (QED) is 0.582. The molecule has 0 aromatic heterocycles. The summed E-state index contributed by atoms with van der Waals surface area (Å²) in [6.45, 7) is -0.109. The number of aliphatic carboxylic acids is 1. The van der Waals surface area contributed by atoms with Crippen LogP contribution in [-0.4, -0.2) is 35.6 Å². The molecule has 0 aliphatic heterocycles. The van der Waals surface area contributed by atoms with E-state index in [9.17, 15) is 19.7 Å². The van der Waals surface area contributed by atoms with Gasteiger partial charge in [-0.2, -0.15) is 0 Å². The fourth-order valence-electron chi connectivity index (χ4n) is 1.36. The van der Waals surface area contributed by atoms with Gasteiger partial charge in [-0.3, -0.25) is 19.7 Å². The van der Waals surface area contributed by atoms with Gasteiger partial charge in [0.15, 0.2) is 0 Å². The van der Waals surface area contributed by atoms with Crippen LogP contribution in [0.15, 0.2) is 18.2 Å². The van der Waals surface area contributed by atoms with Crippen molar-refractivity contribution in [3.8, 4) is 5.75 Å². The molecule has 2 N–H and O–H groups in total. The van der Waals surface area contributed by atoms with E-state index in [0.717, 1.165) is 6.07 Å². The first-order chi connectivity index (χ1) is 8.95. The van der Waals surface area contributed by atoms with Crippen molar-refractivity contribution in [3.63, 3.8) is 0 Å². The summed E-state index contributed by atoms with van der Waals surface area (Å²) in [5, 5.41) is 21.5. The summed E-state index contributed by atoms with van der Waals surface area (Å²) >= 11 is 0. The highest BCUT2D eigenvalue weighted by Gasteiger charge is 2.20. The fourth-order valence-corrected chi connectivity index (χ4v) is 1.36. The Bertz CT molecular complexity index is 514. The van der Waals surface area contributed by atoms with Crippen molar-refractivity contribution in [2.24, 2.45) is 0 Å². The summed E-state index contributed by atoms with van der Waals surface area (Å²) in [5.41, 5.74) is -0.539. The molecule has 102 valence electrons. The van der Waals surface area contributed by atoms with Gasteiger partial charge in [-0.1, -0.05) is 0 Å². The maximum atomic E-state index is 11.8. The van der Waals surface area contributed by atoms with E-state index in [0.29, 0.717) is 5.75 Å². The second-order valence-electron chi connectivity index (χ2n) is 3.54. The number of hydrogen-bond donors (Lipinski definition) is 2. The van der Waals surface area contributed by atoms with Gasteiger partial charge in [-0.15, -0.1) is 0 Å². The van der Waals surface area contributed by atoms with Gasteiger partial charge in [0.1, 0.15) is 11.3 Å². The van der Waals surface area contributed by atoms with Gasteiger partial charge < -0.3 is 15.2 Å². The molecule has 0 bridgehead atoms. The zero-order chi connectivity index (χ0) is 14.4. The first-order valence-electron chi connectivity index (χ1n) is 5.28. The minimum Gasteiger partial charge on any atom is -0.497 e. The molecule has 1 aromatic carbocycles. The average Bonchev–Trinajstić information content (AvgIpc) is 2.37. The number of carbonyl (C=O) groups excluding carboxylic acids is 1. The number of hydrogen-bond acceptors (Lipinski definition) is 5. The van der Waals surface area contributed by atoms with E-state index in [1.165, 1.54) is 19.2 Å². The van der Waals surface area contributed by atoms with E-state index >= 15 is 0 Å². The number of rotatable bonds is 6. The summed E-state index contributed by atoms with van der Waals surface area (Å²) < 4.78 is 4.89. The maximum absolute atomic E-state index is 11.8. The number of ether oxygens (including phenoxy) is 1. The van der Waals surface area contributed by atoms with Crippen LogP contribution in [0, 0.1) is 10.1 Å². The molecule has 0 aliphatic rings. The molecule has 1 amide bonds. The maximum Gasteiger partial charge on any atom is 0.305 e. The van der Waals surface area contributed by atoms with Gasteiger partial charge in [0.2, 0.25) is 0 Å². The Balaban J connectivity index is 2.92. The van der Waals surface area contributed by atoms with Crippen LogP contribution in [0.5, 0.6) is 5.75 Å². The normalized spacial score (nSPS) is 9.74. The third kappa shape index (κ3) is 3.95. The zero-order valence-electron chi connectivity index (χ0n) is 10.1. The molecule has 0 radical (unpaired) electrons. The summed E-state index contributed by atoms with van der Waals surface area (Å²) in [6.07, 6.45) is -0.260. The van der Waals surface area contributed by atoms with Crippen LogP contribution >= 0.6 is 0 Å². The number of nitro benzene ring substituents is 1. The number of amides is 1. The van der Waals surface area contributed by atoms with Gasteiger partial charge in [0.25, 0.3) is 11.6 Å². The molecule has 0 unspecified atom stereocenters. The second-order valence-corrected chi connectivity index (χ2v) is 3.54. The molecule has 0 aliphatic carbocycles. The number of nitrogens with zero attached hydrogens (tertiary/aromatic N) is 1. The van der Waals surface area contributed by atoms with Gasteiger partial charge in [-0.25, -0.2) is 0 Å². The molecule has 19 heavy (non-hydrogen) atoms. The van der Waals surface area contributed by atoms with Crippen LogP contribution in [0.4, 0.5) is 5.69 Å².